The fraction of sp³-hybridized carbons (Fsp3) is 0.500. The molecule has 1 aliphatic rings. The van der Waals surface area contributed by atoms with E-state index >= 15 is 0 Å². The van der Waals surface area contributed by atoms with Crippen molar-refractivity contribution in [3.63, 3.8) is 0 Å². The molecule has 1 heterocycles. The molecule has 0 radical (unpaired) electrons. The van der Waals surface area contributed by atoms with E-state index in [1.807, 2.05) is 18.2 Å². The second kappa shape index (κ2) is 5.38. The highest BCUT2D eigenvalue weighted by atomic mass is 16.5. The summed E-state index contributed by atoms with van der Waals surface area (Å²) in [6.07, 6.45) is 0. The van der Waals surface area contributed by atoms with Crippen molar-refractivity contribution < 1.29 is 9.47 Å². The minimum atomic E-state index is 0.102. The van der Waals surface area contributed by atoms with Crippen LogP contribution in [0.2, 0.25) is 0 Å². The van der Waals surface area contributed by atoms with Gasteiger partial charge in [0, 0.05) is 11.6 Å². The van der Waals surface area contributed by atoms with Gasteiger partial charge in [0.2, 0.25) is 0 Å². The Hall–Kier alpha value is -1.91. The summed E-state index contributed by atoms with van der Waals surface area (Å²) in [7, 11) is 3.33. The lowest BCUT2D eigenvalue weighted by molar-refractivity contribution is 0.281. The Morgan fingerprint density at radius 3 is 2.63 bits per heavy atom. The van der Waals surface area contributed by atoms with Crippen molar-refractivity contribution in [2.24, 2.45) is 10.7 Å². The molecule has 1 aromatic rings. The summed E-state index contributed by atoms with van der Waals surface area (Å²) >= 11 is 0. The normalized spacial score (nSPS) is 18.7. The van der Waals surface area contributed by atoms with Gasteiger partial charge in [0.05, 0.1) is 26.8 Å². The van der Waals surface area contributed by atoms with Crippen molar-refractivity contribution in [2.75, 3.05) is 20.8 Å². The van der Waals surface area contributed by atoms with Gasteiger partial charge in [0.1, 0.15) is 11.5 Å². The summed E-state index contributed by atoms with van der Waals surface area (Å²) in [5.41, 5.74) is 7.03. The van der Waals surface area contributed by atoms with E-state index in [2.05, 4.69) is 23.7 Å². The molecule has 0 bridgehead atoms. The average molecular weight is 263 g/mol. The van der Waals surface area contributed by atoms with Crippen LogP contribution in [0.4, 0.5) is 0 Å². The Bertz CT molecular complexity index is 486. The molecule has 0 saturated heterocycles. The first-order valence-corrected chi connectivity index (χ1v) is 6.38. The van der Waals surface area contributed by atoms with Gasteiger partial charge in [-0.05, 0) is 32.0 Å². The van der Waals surface area contributed by atoms with Crippen LogP contribution in [0, 0.1) is 0 Å². The first kappa shape index (κ1) is 13.5. The number of methoxy groups -OCH3 is 2. The first-order chi connectivity index (χ1) is 9.08. The summed E-state index contributed by atoms with van der Waals surface area (Å²) in [4.78, 5) is 6.46. The maximum absolute atomic E-state index is 5.97. The fourth-order valence-electron chi connectivity index (χ4n) is 2.48. The van der Waals surface area contributed by atoms with Crippen LogP contribution in [-0.4, -0.2) is 37.7 Å². The summed E-state index contributed by atoms with van der Waals surface area (Å²) in [6.45, 7) is 4.86. The van der Waals surface area contributed by atoms with Crippen LogP contribution in [0.1, 0.15) is 25.5 Å². The fourth-order valence-corrected chi connectivity index (χ4v) is 2.48. The number of ether oxygens (including phenoxy) is 2. The molecule has 0 saturated carbocycles. The minimum absolute atomic E-state index is 0.102. The number of hydrogen-bond acceptors (Lipinski definition) is 5. The standard InChI is InChI=1S/C14H21N3O2/c1-9(2)17-12(8-16-14(17)15)11-7-10(18-3)5-6-13(11)19-4/h5-7,9,12H,8H2,1-4H3,(H2,15,16). The van der Waals surface area contributed by atoms with E-state index in [1.165, 1.54) is 0 Å². The monoisotopic (exact) mass is 263 g/mol. The molecule has 0 aliphatic carbocycles. The van der Waals surface area contributed by atoms with Crippen molar-refractivity contribution in [2.45, 2.75) is 25.9 Å². The van der Waals surface area contributed by atoms with Crippen LogP contribution in [0.15, 0.2) is 23.2 Å². The minimum Gasteiger partial charge on any atom is -0.497 e. The molecule has 1 aromatic carbocycles. The van der Waals surface area contributed by atoms with Crippen molar-refractivity contribution >= 4 is 5.96 Å². The zero-order valence-electron chi connectivity index (χ0n) is 11.9. The van der Waals surface area contributed by atoms with Gasteiger partial charge in [-0.3, -0.25) is 4.99 Å². The lowest BCUT2D eigenvalue weighted by Crippen LogP contribution is -2.41. The Morgan fingerprint density at radius 1 is 1.32 bits per heavy atom. The molecular weight excluding hydrogens is 242 g/mol. The van der Waals surface area contributed by atoms with Crippen molar-refractivity contribution in [3.05, 3.63) is 23.8 Å². The number of nitrogens with two attached hydrogens (primary N) is 1. The highest BCUT2D eigenvalue weighted by Gasteiger charge is 2.31. The maximum atomic E-state index is 5.97. The molecule has 5 nitrogen and oxygen atoms in total. The Balaban J connectivity index is 2.40. The Labute approximate surface area is 114 Å². The van der Waals surface area contributed by atoms with E-state index in [0.29, 0.717) is 12.5 Å². The molecule has 0 aromatic heterocycles. The summed E-state index contributed by atoms with van der Waals surface area (Å²) in [5, 5.41) is 0. The number of hydrogen-bond donors (Lipinski definition) is 1. The summed E-state index contributed by atoms with van der Waals surface area (Å²) < 4.78 is 10.7. The quantitative estimate of drug-likeness (QED) is 0.899. The molecule has 104 valence electrons. The lowest BCUT2D eigenvalue weighted by atomic mass is 10.0. The molecular formula is C14H21N3O2. The summed E-state index contributed by atoms with van der Waals surface area (Å²) in [5.74, 6) is 2.23. The average Bonchev–Trinajstić information content (AvgIpc) is 2.79. The topological polar surface area (TPSA) is 60.1 Å². The molecule has 0 amide bonds. The van der Waals surface area contributed by atoms with Gasteiger partial charge in [-0.1, -0.05) is 0 Å². The molecule has 2 rings (SSSR count). The van der Waals surface area contributed by atoms with Crippen molar-refractivity contribution in [3.8, 4) is 11.5 Å². The third kappa shape index (κ3) is 2.45. The number of rotatable bonds is 4. The van der Waals surface area contributed by atoms with Crippen LogP contribution < -0.4 is 15.2 Å². The Morgan fingerprint density at radius 2 is 2.05 bits per heavy atom. The van der Waals surface area contributed by atoms with Gasteiger partial charge in [0.25, 0.3) is 0 Å². The van der Waals surface area contributed by atoms with Gasteiger partial charge in [-0.2, -0.15) is 0 Å². The van der Waals surface area contributed by atoms with Crippen molar-refractivity contribution in [1.82, 2.24) is 4.90 Å². The van der Waals surface area contributed by atoms with Crippen LogP contribution in [-0.2, 0) is 0 Å². The first-order valence-electron chi connectivity index (χ1n) is 6.38. The zero-order chi connectivity index (χ0) is 14.0. The molecule has 0 spiro atoms. The van der Waals surface area contributed by atoms with Gasteiger partial charge < -0.3 is 20.1 Å². The Kier molecular flexibility index (Phi) is 3.83. The molecule has 1 aliphatic heterocycles. The SMILES string of the molecule is COc1ccc(OC)c(C2CN=C(N)N2C(C)C)c1. The number of benzene rings is 1. The molecule has 5 heteroatoms. The maximum Gasteiger partial charge on any atom is 0.192 e. The largest absolute Gasteiger partial charge is 0.497 e. The molecule has 1 atom stereocenters. The second-order valence-corrected chi connectivity index (χ2v) is 4.82. The number of aliphatic imine (C=N–C) groups is 1. The van der Waals surface area contributed by atoms with E-state index in [-0.39, 0.29) is 12.1 Å². The van der Waals surface area contributed by atoms with Gasteiger partial charge in [-0.25, -0.2) is 0 Å². The summed E-state index contributed by atoms with van der Waals surface area (Å²) in [6, 6.07) is 6.19. The van der Waals surface area contributed by atoms with Gasteiger partial charge >= 0.3 is 0 Å². The van der Waals surface area contributed by atoms with Gasteiger partial charge in [0.15, 0.2) is 5.96 Å². The number of nitrogens with zero attached hydrogens (tertiary/aromatic N) is 2. The zero-order valence-corrected chi connectivity index (χ0v) is 11.9. The predicted octanol–water partition coefficient (Wildman–Crippen LogP) is 1.78. The van der Waals surface area contributed by atoms with E-state index in [9.17, 15) is 0 Å². The van der Waals surface area contributed by atoms with Crippen LogP contribution in [0.5, 0.6) is 11.5 Å². The highest BCUT2D eigenvalue weighted by Crippen LogP contribution is 2.35. The smallest absolute Gasteiger partial charge is 0.192 e. The van der Waals surface area contributed by atoms with Crippen molar-refractivity contribution in [1.29, 1.82) is 0 Å². The number of guanidine groups is 1. The third-order valence-electron chi connectivity index (χ3n) is 3.38. The van der Waals surface area contributed by atoms with Crippen LogP contribution >= 0.6 is 0 Å². The lowest BCUT2D eigenvalue weighted by Gasteiger charge is -2.31. The molecule has 0 fully saturated rings. The van der Waals surface area contributed by atoms with E-state index in [1.54, 1.807) is 14.2 Å². The van der Waals surface area contributed by atoms with Crippen LogP contribution in [0.25, 0.3) is 0 Å². The van der Waals surface area contributed by atoms with E-state index in [4.69, 9.17) is 15.2 Å². The molecule has 19 heavy (non-hydrogen) atoms. The molecule has 2 N–H and O–H groups in total. The second-order valence-electron chi connectivity index (χ2n) is 4.82. The van der Waals surface area contributed by atoms with E-state index < -0.39 is 0 Å². The van der Waals surface area contributed by atoms with E-state index in [0.717, 1.165) is 17.1 Å². The third-order valence-corrected chi connectivity index (χ3v) is 3.38. The van der Waals surface area contributed by atoms with Gasteiger partial charge in [-0.15, -0.1) is 0 Å². The predicted molar refractivity (Wildman–Crippen MR) is 75.8 cm³/mol. The van der Waals surface area contributed by atoms with Crippen LogP contribution in [0.3, 0.4) is 0 Å². The highest BCUT2D eigenvalue weighted by molar-refractivity contribution is 5.81. The molecule has 1 unspecified atom stereocenters.